The molecule has 1 aromatic carbocycles. The molecule has 0 fully saturated rings. The zero-order valence-electron chi connectivity index (χ0n) is 10.8. The summed E-state index contributed by atoms with van der Waals surface area (Å²) < 4.78 is 4.77. The van der Waals surface area contributed by atoms with Gasteiger partial charge in [0.05, 0.1) is 18.8 Å². The maximum atomic E-state index is 11.6. The molecule has 98 valence electrons. The van der Waals surface area contributed by atoms with Crippen LogP contribution in [0.4, 0.5) is 0 Å². The topological polar surface area (TPSA) is 43.4 Å². The number of ether oxygens (including phenoxy) is 1. The number of carbonyl (C=O) groups is 2. The van der Waals surface area contributed by atoms with Crippen molar-refractivity contribution in [2.75, 3.05) is 12.4 Å². The molecule has 0 aliphatic rings. The first-order chi connectivity index (χ1) is 8.61. The monoisotopic (exact) mass is 266 g/mol. The molecule has 1 aromatic rings. The quantitative estimate of drug-likeness (QED) is 0.562. The highest BCUT2D eigenvalue weighted by Gasteiger charge is 2.08. The lowest BCUT2D eigenvalue weighted by molar-refractivity contribution is -0.144. The van der Waals surface area contributed by atoms with Crippen LogP contribution in [0.5, 0.6) is 0 Å². The summed E-state index contributed by atoms with van der Waals surface area (Å²) in [7, 11) is 0. The molecule has 3 nitrogen and oxygen atoms in total. The summed E-state index contributed by atoms with van der Waals surface area (Å²) >= 11 is 1.51. The molecule has 0 aromatic heterocycles. The van der Waals surface area contributed by atoms with Crippen molar-refractivity contribution in [2.45, 2.75) is 31.6 Å². The molecule has 0 amide bonds. The summed E-state index contributed by atoms with van der Waals surface area (Å²) in [6, 6.07) is 8.02. The molecule has 0 N–H and O–H groups in total. The smallest absolute Gasteiger partial charge is 0.306 e. The van der Waals surface area contributed by atoms with E-state index in [0.717, 1.165) is 4.90 Å². The van der Waals surface area contributed by atoms with Crippen molar-refractivity contribution in [3.63, 3.8) is 0 Å². The number of hydrogen-bond acceptors (Lipinski definition) is 4. The van der Waals surface area contributed by atoms with Crippen LogP contribution in [0.15, 0.2) is 29.2 Å². The summed E-state index contributed by atoms with van der Waals surface area (Å²) in [6.07, 6.45) is 0.443. The van der Waals surface area contributed by atoms with Crippen LogP contribution in [-0.2, 0) is 14.3 Å². The second-order valence-corrected chi connectivity index (χ2v) is 5.00. The van der Waals surface area contributed by atoms with Crippen LogP contribution in [0.3, 0.4) is 0 Å². The van der Waals surface area contributed by atoms with Gasteiger partial charge >= 0.3 is 5.97 Å². The number of esters is 1. The first kappa shape index (κ1) is 14.8. The van der Waals surface area contributed by atoms with Gasteiger partial charge in [-0.25, -0.2) is 0 Å². The van der Waals surface area contributed by atoms with Gasteiger partial charge in [-0.1, -0.05) is 17.7 Å². The molecule has 0 atom stereocenters. The first-order valence-electron chi connectivity index (χ1n) is 5.98. The molecule has 0 saturated heterocycles. The van der Waals surface area contributed by atoms with Crippen molar-refractivity contribution in [1.82, 2.24) is 0 Å². The highest BCUT2D eigenvalue weighted by atomic mass is 32.2. The first-order valence-corrected chi connectivity index (χ1v) is 6.97. The number of carbonyl (C=O) groups excluding carboxylic acids is 2. The number of ketones is 1. The van der Waals surface area contributed by atoms with E-state index in [9.17, 15) is 9.59 Å². The van der Waals surface area contributed by atoms with Crippen molar-refractivity contribution in [1.29, 1.82) is 0 Å². The Hall–Kier alpha value is -1.29. The van der Waals surface area contributed by atoms with Crippen LogP contribution in [0, 0.1) is 6.92 Å². The van der Waals surface area contributed by atoms with E-state index < -0.39 is 0 Å². The van der Waals surface area contributed by atoms with Gasteiger partial charge in [-0.2, -0.15) is 0 Å². The van der Waals surface area contributed by atoms with Gasteiger partial charge in [0, 0.05) is 11.3 Å². The molecule has 18 heavy (non-hydrogen) atoms. The van der Waals surface area contributed by atoms with Crippen LogP contribution in [0.25, 0.3) is 0 Å². The van der Waals surface area contributed by atoms with E-state index in [2.05, 4.69) is 0 Å². The van der Waals surface area contributed by atoms with Gasteiger partial charge in [0.15, 0.2) is 0 Å². The second-order valence-electron chi connectivity index (χ2n) is 3.95. The summed E-state index contributed by atoms with van der Waals surface area (Å²) in [6.45, 7) is 4.14. The molecule has 0 heterocycles. The molecule has 0 saturated carbocycles. The Bertz CT molecular complexity index is 415. The fourth-order valence-electron chi connectivity index (χ4n) is 1.42. The van der Waals surface area contributed by atoms with Crippen molar-refractivity contribution in [2.24, 2.45) is 0 Å². The van der Waals surface area contributed by atoms with E-state index in [1.54, 1.807) is 6.92 Å². The highest BCUT2D eigenvalue weighted by molar-refractivity contribution is 8.00. The number of hydrogen-bond donors (Lipinski definition) is 0. The summed E-state index contributed by atoms with van der Waals surface area (Å²) in [5.41, 5.74) is 1.18. The van der Waals surface area contributed by atoms with E-state index in [0.29, 0.717) is 12.4 Å². The van der Waals surface area contributed by atoms with Crippen LogP contribution in [0.1, 0.15) is 25.3 Å². The molecule has 0 aliphatic carbocycles. The maximum absolute atomic E-state index is 11.6. The van der Waals surface area contributed by atoms with Crippen LogP contribution >= 0.6 is 11.8 Å². The molecular formula is C14H18O3S. The molecular weight excluding hydrogens is 248 g/mol. The number of rotatable bonds is 7. The average Bonchev–Trinajstić information content (AvgIpc) is 2.34. The molecule has 0 bridgehead atoms. The van der Waals surface area contributed by atoms with E-state index >= 15 is 0 Å². The molecule has 0 spiro atoms. The minimum absolute atomic E-state index is 0.0783. The Balaban J connectivity index is 2.27. The molecule has 0 aliphatic heterocycles. The standard InChI is InChI=1S/C14H18O3S/c1-3-17-14(16)8-7-12(15)10-18-13-6-4-5-11(2)9-13/h4-6,9H,3,7-8,10H2,1-2H3. The fourth-order valence-corrected chi connectivity index (χ4v) is 2.33. The van der Waals surface area contributed by atoms with Crippen LogP contribution < -0.4 is 0 Å². The minimum atomic E-state index is -0.300. The Kier molecular flexibility index (Phi) is 6.50. The number of aryl methyl sites for hydroxylation is 1. The molecule has 0 unspecified atom stereocenters. The van der Waals surface area contributed by atoms with E-state index in [1.807, 2.05) is 31.2 Å². The summed E-state index contributed by atoms with van der Waals surface area (Å²) in [5, 5.41) is 0. The minimum Gasteiger partial charge on any atom is -0.466 e. The molecule has 1 rings (SSSR count). The highest BCUT2D eigenvalue weighted by Crippen LogP contribution is 2.19. The SMILES string of the molecule is CCOC(=O)CCC(=O)CSc1cccc(C)c1. The van der Waals surface area contributed by atoms with Crippen molar-refractivity contribution >= 4 is 23.5 Å². The van der Waals surface area contributed by atoms with Gasteiger partial charge in [0.2, 0.25) is 0 Å². The van der Waals surface area contributed by atoms with E-state index in [1.165, 1.54) is 17.3 Å². The second kappa shape index (κ2) is 7.93. The van der Waals surface area contributed by atoms with E-state index in [4.69, 9.17) is 4.74 Å². The Morgan fingerprint density at radius 3 is 2.72 bits per heavy atom. The largest absolute Gasteiger partial charge is 0.466 e. The average molecular weight is 266 g/mol. The number of Topliss-reactive ketones (excluding diaryl/α,β-unsaturated/α-hetero) is 1. The van der Waals surface area contributed by atoms with Gasteiger partial charge in [-0.15, -0.1) is 11.8 Å². The van der Waals surface area contributed by atoms with Crippen molar-refractivity contribution in [3.05, 3.63) is 29.8 Å². The molecule has 4 heteroatoms. The third-order valence-electron chi connectivity index (χ3n) is 2.30. The third kappa shape index (κ3) is 5.87. The predicted molar refractivity (Wildman–Crippen MR) is 72.8 cm³/mol. The zero-order chi connectivity index (χ0) is 13.4. The van der Waals surface area contributed by atoms with Gasteiger partial charge in [0.1, 0.15) is 5.78 Å². The zero-order valence-corrected chi connectivity index (χ0v) is 11.6. The summed E-state index contributed by atoms with van der Waals surface area (Å²) in [4.78, 5) is 23.7. The van der Waals surface area contributed by atoms with Gasteiger partial charge < -0.3 is 4.74 Å². The van der Waals surface area contributed by atoms with Crippen LogP contribution in [0.2, 0.25) is 0 Å². The van der Waals surface area contributed by atoms with Gasteiger partial charge in [-0.3, -0.25) is 9.59 Å². The lowest BCUT2D eigenvalue weighted by atomic mass is 10.2. The summed E-state index contributed by atoms with van der Waals surface area (Å²) in [5.74, 6) is 0.184. The normalized spacial score (nSPS) is 10.1. The lowest BCUT2D eigenvalue weighted by Crippen LogP contribution is -2.09. The van der Waals surface area contributed by atoms with Gasteiger partial charge in [0.25, 0.3) is 0 Å². The van der Waals surface area contributed by atoms with Crippen molar-refractivity contribution in [3.8, 4) is 0 Å². The number of thioether (sulfide) groups is 1. The Labute approximate surface area is 112 Å². The Morgan fingerprint density at radius 1 is 1.28 bits per heavy atom. The number of benzene rings is 1. The predicted octanol–water partition coefficient (Wildman–Crippen LogP) is 3.00. The fraction of sp³-hybridized carbons (Fsp3) is 0.429. The van der Waals surface area contributed by atoms with Crippen molar-refractivity contribution < 1.29 is 14.3 Å². The molecule has 0 radical (unpaired) electrons. The third-order valence-corrected chi connectivity index (χ3v) is 3.36. The van der Waals surface area contributed by atoms with Gasteiger partial charge in [-0.05, 0) is 26.0 Å². The van der Waals surface area contributed by atoms with E-state index in [-0.39, 0.29) is 24.6 Å². The maximum Gasteiger partial charge on any atom is 0.306 e. The Morgan fingerprint density at radius 2 is 2.06 bits per heavy atom. The van der Waals surface area contributed by atoms with Crippen LogP contribution in [-0.4, -0.2) is 24.1 Å². The lowest BCUT2D eigenvalue weighted by Gasteiger charge is -2.03.